The number of carbonyl (C=O) groups is 1. The zero-order valence-electron chi connectivity index (χ0n) is 13.2. The summed E-state index contributed by atoms with van der Waals surface area (Å²) in [6.45, 7) is 1.54. The Kier molecular flexibility index (Phi) is 5.26. The van der Waals surface area contributed by atoms with Crippen LogP contribution in [0.5, 0.6) is 0 Å². The summed E-state index contributed by atoms with van der Waals surface area (Å²) >= 11 is 0. The molecule has 0 aliphatic heterocycles. The molecule has 0 radical (unpaired) electrons. The SMILES string of the molecule is CCCc1cc(C(=O)NCc2cc(F)ccc2C(F)(F)F)n(C)n1. The Labute approximate surface area is 136 Å². The van der Waals surface area contributed by atoms with E-state index in [1.165, 1.54) is 4.68 Å². The molecule has 8 heteroatoms. The lowest BCUT2D eigenvalue weighted by Crippen LogP contribution is -2.26. The van der Waals surface area contributed by atoms with E-state index in [-0.39, 0.29) is 11.3 Å². The Morgan fingerprint density at radius 2 is 2.00 bits per heavy atom. The van der Waals surface area contributed by atoms with Gasteiger partial charge in [-0.05, 0) is 36.2 Å². The van der Waals surface area contributed by atoms with E-state index in [1.807, 2.05) is 6.92 Å². The largest absolute Gasteiger partial charge is 0.416 e. The number of amides is 1. The van der Waals surface area contributed by atoms with Crippen molar-refractivity contribution in [1.82, 2.24) is 15.1 Å². The highest BCUT2D eigenvalue weighted by Crippen LogP contribution is 2.32. The molecule has 1 amide bonds. The molecule has 0 atom stereocenters. The molecule has 2 aromatic rings. The van der Waals surface area contributed by atoms with E-state index >= 15 is 0 Å². The molecule has 0 fully saturated rings. The zero-order valence-corrected chi connectivity index (χ0v) is 13.2. The van der Waals surface area contributed by atoms with E-state index in [0.29, 0.717) is 12.5 Å². The molecule has 0 aliphatic carbocycles. The normalized spacial score (nSPS) is 11.6. The van der Waals surface area contributed by atoms with Gasteiger partial charge < -0.3 is 5.32 Å². The van der Waals surface area contributed by atoms with Crippen molar-refractivity contribution < 1.29 is 22.4 Å². The fourth-order valence-electron chi connectivity index (χ4n) is 2.37. The molecule has 1 heterocycles. The van der Waals surface area contributed by atoms with Crippen molar-refractivity contribution in [3.63, 3.8) is 0 Å². The maximum atomic E-state index is 13.2. The maximum Gasteiger partial charge on any atom is 0.416 e. The number of rotatable bonds is 5. The minimum Gasteiger partial charge on any atom is -0.347 e. The van der Waals surface area contributed by atoms with Crippen LogP contribution in [0.15, 0.2) is 24.3 Å². The predicted molar refractivity (Wildman–Crippen MR) is 79.8 cm³/mol. The average Bonchev–Trinajstić information content (AvgIpc) is 2.85. The lowest BCUT2D eigenvalue weighted by Gasteiger charge is -2.13. The van der Waals surface area contributed by atoms with Crippen LogP contribution in [0.2, 0.25) is 0 Å². The third-order valence-electron chi connectivity index (χ3n) is 3.48. The summed E-state index contributed by atoms with van der Waals surface area (Å²) in [5.74, 6) is -1.36. The zero-order chi connectivity index (χ0) is 17.9. The highest BCUT2D eigenvalue weighted by atomic mass is 19.4. The van der Waals surface area contributed by atoms with Gasteiger partial charge in [0.25, 0.3) is 5.91 Å². The number of benzene rings is 1. The fourth-order valence-corrected chi connectivity index (χ4v) is 2.37. The van der Waals surface area contributed by atoms with Gasteiger partial charge in [0, 0.05) is 13.6 Å². The van der Waals surface area contributed by atoms with Gasteiger partial charge in [0.1, 0.15) is 11.5 Å². The second-order valence-corrected chi connectivity index (χ2v) is 5.38. The van der Waals surface area contributed by atoms with Crippen molar-refractivity contribution >= 4 is 5.91 Å². The van der Waals surface area contributed by atoms with Crippen LogP contribution >= 0.6 is 0 Å². The van der Waals surface area contributed by atoms with Gasteiger partial charge in [0.2, 0.25) is 0 Å². The number of alkyl halides is 3. The third kappa shape index (κ3) is 4.12. The monoisotopic (exact) mass is 343 g/mol. The smallest absolute Gasteiger partial charge is 0.347 e. The maximum absolute atomic E-state index is 13.2. The van der Waals surface area contributed by atoms with Crippen molar-refractivity contribution in [3.8, 4) is 0 Å². The van der Waals surface area contributed by atoms with Gasteiger partial charge in [-0.1, -0.05) is 13.3 Å². The second kappa shape index (κ2) is 7.02. The number of hydrogen-bond acceptors (Lipinski definition) is 2. The average molecular weight is 343 g/mol. The molecule has 0 unspecified atom stereocenters. The summed E-state index contributed by atoms with van der Waals surface area (Å²) in [5, 5.41) is 6.55. The molecular weight excluding hydrogens is 326 g/mol. The molecule has 1 aromatic carbocycles. The van der Waals surface area contributed by atoms with E-state index in [4.69, 9.17) is 0 Å². The number of nitrogens with one attached hydrogen (secondary N) is 1. The summed E-state index contributed by atoms with van der Waals surface area (Å²) in [6, 6.07) is 3.77. The van der Waals surface area contributed by atoms with Crippen molar-refractivity contribution in [2.24, 2.45) is 7.05 Å². The molecule has 1 aromatic heterocycles. The van der Waals surface area contributed by atoms with Crippen molar-refractivity contribution in [3.05, 3.63) is 52.6 Å². The minimum absolute atomic E-state index is 0.239. The van der Waals surface area contributed by atoms with Crippen LogP contribution in [-0.4, -0.2) is 15.7 Å². The van der Waals surface area contributed by atoms with Crippen molar-refractivity contribution in [2.45, 2.75) is 32.5 Å². The van der Waals surface area contributed by atoms with Crippen LogP contribution < -0.4 is 5.32 Å². The van der Waals surface area contributed by atoms with Gasteiger partial charge in [-0.15, -0.1) is 0 Å². The molecule has 2 rings (SSSR count). The summed E-state index contributed by atoms with van der Waals surface area (Å²) in [6.07, 6.45) is -3.06. The Hall–Kier alpha value is -2.38. The van der Waals surface area contributed by atoms with E-state index in [1.54, 1.807) is 13.1 Å². The van der Waals surface area contributed by atoms with Crippen molar-refractivity contribution in [1.29, 1.82) is 0 Å². The number of nitrogens with zero attached hydrogens (tertiary/aromatic N) is 2. The quantitative estimate of drug-likeness (QED) is 0.845. The summed E-state index contributed by atoms with van der Waals surface area (Å²) in [4.78, 5) is 12.2. The van der Waals surface area contributed by atoms with E-state index in [2.05, 4.69) is 10.4 Å². The number of aromatic nitrogens is 2. The van der Waals surface area contributed by atoms with Crippen molar-refractivity contribution in [2.75, 3.05) is 0 Å². The predicted octanol–water partition coefficient (Wildman–Crippen LogP) is 3.46. The molecule has 0 saturated heterocycles. The topological polar surface area (TPSA) is 46.9 Å². The Balaban J connectivity index is 2.16. The summed E-state index contributed by atoms with van der Waals surface area (Å²) in [7, 11) is 1.58. The summed E-state index contributed by atoms with van der Waals surface area (Å²) in [5.41, 5.74) is -0.331. The third-order valence-corrected chi connectivity index (χ3v) is 3.48. The number of hydrogen-bond donors (Lipinski definition) is 1. The molecule has 0 spiro atoms. The first-order chi connectivity index (χ1) is 11.2. The van der Waals surface area contributed by atoms with Crippen LogP contribution in [0.1, 0.15) is 40.7 Å². The van der Waals surface area contributed by atoms with Crippen LogP contribution in [0, 0.1) is 5.82 Å². The van der Waals surface area contributed by atoms with Gasteiger partial charge in [-0.25, -0.2) is 4.39 Å². The highest BCUT2D eigenvalue weighted by molar-refractivity contribution is 5.92. The van der Waals surface area contributed by atoms with E-state index in [0.717, 1.165) is 24.2 Å². The highest BCUT2D eigenvalue weighted by Gasteiger charge is 2.33. The Morgan fingerprint density at radius 3 is 2.62 bits per heavy atom. The summed E-state index contributed by atoms with van der Waals surface area (Å²) < 4.78 is 53.4. The van der Waals surface area contributed by atoms with Crippen LogP contribution in [-0.2, 0) is 26.2 Å². The second-order valence-electron chi connectivity index (χ2n) is 5.38. The molecule has 130 valence electrons. The van der Waals surface area contributed by atoms with Crippen LogP contribution in [0.3, 0.4) is 0 Å². The van der Waals surface area contributed by atoms with Gasteiger partial charge in [-0.2, -0.15) is 18.3 Å². The Bertz CT molecular complexity index is 737. The van der Waals surface area contributed by atoms with Crippen LogP contribution in [0.4, 0.5) is 17.6 Å². The molecule has 1 N–H and O–H groups in total. The van der Waals surface area contributed by atoms with Gasteiger partial charge in [0.15, 0.2) is 0 Å². The first kappa shape index (κ1) is 18.0. The lowest BCUT2D eigenvalue weighted by atomic mass is 10.1. The molecule has 0 aliphatic rings. The van der Waals surface area contributed by atoms with Gasteiger partial charge in [-0.3, -0.25) is 9.48 Å². The molecule has 0 saturated carbocycles. The minimum atomic E-state index is -4.62. The van der Waals surface area contributed by atoms with E-state index < -0.39 is 30.0 Å². The number of carbonyl (C=O) groups excluding carboxylic acids is 1. The van der Waals surface area contributed by atoms with Crippen LogP contribution in [0.25, 0.3) is 0 Å². The lowest BCUT2D eigenvalue weighted by molar-refractivity contribution is -0.138. The standard InChI is InChI=1S/C16H17F4N3O/c1-3-4-12-8-14(23(2)22-12)15(24)21-9-10-7-11(17)5-6-13(10)16(18,19)20/h5-8H,3-4,9H2,1-2H3,(H,21,24). The molecule has 0 bridgehead atoms. The van der Waals surface area contributed by atoms with Gasteiger partial charge in [0.05, 0.1) is 11.3 Å². The molecular formula is C16H17F4N3O. The fraction of sp³-hybridized carbons (Fsp3) is 0.375. The first-order valence-electron chi connectivity index (χ1n) is 7.39. The first-order valence-corrected chi connectivity index (χ1v) is 7.39. The van der Waals surface area contributed by atoms with E-state index in [9.17, 15) is 22.4 Å². The van der Waals surface area contributed by atoms with Gasteiger partial charge >= 0.3 is 6.18 Å². The molecule has 24 heavy (non-hydrogen) atoms. The molecule has 4 nitrogen and oxygen atoms in total. The number of aryl methyl sites for hydroxylation is 2. The number of halogens is 4. The Morgan fingerprint density at radius 1 is 1.29 bits per heavy atom.